The van der Waals surface area contributed by atoms with E-state index in [9.17, 15) is 13.2 Å². The molecule has 0 N–H and O–H groups in total. The van der Waals surface area contributed by atoms with Gasteiger partial charge < -0.3 is 4.57 Å². The molecule has 0 atom stereocenters. The van der Waals surface area contributed by atoms with E-state index >= 15 is 0 Å². The smallest absolute Gasteiger partial charge is 0.313 e. The number of benzene rings is 1. The van der Waals surface area contributed by atoms with Crippen molar-refractivity contribution in [2.45, 2.75) is 13.1 Å². The molecule has 16 heavy (non-hydrogen) atoms. The Morgan fingerprint density at radius 3 is 2.25 bits per heavy atom. The fourth-order valence-electron chi connectivity index (χ4n) is 1.62. The Hall–Kier alpha value is -1.71. The number of rotatable bonds is 1. The van der Waals surface area contributed by atoms with Crippen LogP contribution in [0.5, 0.6) is 0 Å². The number of hydrogen-bond donors (Lipinski definition) is 0. The highest BCUT2D eigenvalue weighted by Gasteiger charge is 2.34. The molecule has 0 aliphatic heterocycles. The van der Waals surface area contributed by atoms with Crippen LogP contribution >= 0.6 is 0 Å². The van der Waals surface area contributed by atoms with E-state index in [0.717, 1.165) is 10.6 Å². The number of hydrogen-bond acceptors (Lipinski definition) is 0. The van der Waals surface area contributed by atoms with Gasteiger partial charge in [0.25, 0.3) is 0 Å². The van der Waals surface area contributed by atoms with Crippen LogP contribution in [0.4, 0.5) is 13.2 Å². The molecule has 1 aromatic heterocycles. The summed E-state index contributed by atoms with van der Waals surface area (Å²) < 4.78 is 39.3. The van der Waals surface area contributed by atoms with Crippen molar-refractivity contribution >= 4 is 0 Å². The zero-order valence-corrected chi connectivity index (χ0v) is 8.62. The third kappa shape index (κ3) is 1.96. The second-order valence-corrected chi connectivity index (χ2v) is 3.61. The average Bonchev–Trinajstić information content (AvgIpc) is 2.61. The average molecular weight is 225 g/mol. The molecule has 0 saturated heterocycles. The van der Waals surface area contributed by atoms with E-state index in [1.165, 1.54) is 6.20 Å². The van der Waals surface area contributed by atoms with Crippen molar-refractivity contribution in [1.82, 2.24) is 4.57 Å². The molecule has 1 heterocycles. The third-order valence-electron chi connectivity index (χ3n) is 2.28. The largest absolute Gasteiger partial charge is 0.431 e. The standard InChI is InChI=1S/C12H10F3N/c1-9-7-11(12(13,14)15)16(8-9)10-5-3-2-4-6-10/h2-8H,1H3. The number of halogens is 3. The van der Waals surface area contributed by atoms with Crippen molar-refractivity contribution in [2.75, 3.05) is 0 Å². The van der Waals surface area contributed by atoms with Gasteiger partial charge in [0.05, 0.1) is 0 Å². The van der Waals surface area contributed by atoms with Crippen molar-refractivity contribution in [3.05, 3.63) is 53.9 Å². The van der Waals surface area contributed by atoms with Gasteiger partial charge in [0.2, 0.25) is 0 Å². The first-order valence-corrected chi connectivity index (χ1v) is 4.80. The predicted molar refractivity (Wildman–Crippen MR) is 55.5 cm³/mol. The van der Waals surface area contributed by atoms with Crippen LogP contribution < -0.4 is 0 Å². The van der Waals surface area contributed by atoms with Crippen molar-refractivity contribution in [3.63, 3.8) is 0 Å². The summed E-state index contributed by atoms with van der Waals surface area (Å²) in [5.74, 6) is 0. The van der Waals surface area contributed by atoms with Gasteiger partial charge in [-0.05, 0) is 30.7 Å². The second kappa shape index (κ2) is 3.70. The van der Waals surface area contributed by atoms with Crippen LogP contribution in [-0.4, -0.2) is 4.57 Å². The quantitative estimate of drug-likeness (QED) is 0.695. The zero-order valence-electron chi connectivity index (χ0n) is 8.62. The molecule has 0 fully saturated rings. The Morgan fingerprint density at radius 1 is 1.06 bits per heavy atom. The zero-order chi connectivity index (χ0) is 11.8. The lowest BCUT2D eigenvalue weighted by atomic mass is 10.3. The summed E-state index contributed by atoms with van der Waals surface area (Å²) in [6.45, 7) is 1.65. The molecule has 1 nitrogen and oxygen atoms in total. The molecule has 0 unspecified atom stereocenters. The molecule has 2 aromatic rings. The van der Waals surface area contributed by atoms with Crippen molar-refractivity contribution in [3.8, 4) is 5.69 Å². The van der Waals surface area contributed by atoms with E-state index in [2.05, 4.69) is 0 Å². The summed E-state index contributed by atoms with van der Waals surface area (Å²) in [5, 5.41) is 0. The summed E-state index contributed by atoms with van der Waals surface area (Å²) in [4.78, 5) is 0. The topological polar surface area (TPSA) is 4.93 Å². The molecule has 0 radical (unpaired) electrons. The molecule has 0 saturated carbocycles. The van der Waals surface area contributed by atoms with Gasteiger partial charge in [-0.1, -0.05) is 18.2 Å². The first-order chi connectivity index (χ1) is 7.48. The lowest BCUT2D eigenvalue weighted by Crippen LogP contribution is -2.11. The van der Waals surface area contributed by atoms with E-state index in [1.54, 1.807) is 37.3 Å². The molecule has 0 aliphatic rings. The number of aromatic nitrogens is 1. The van der Waals surface area contributed by atoms with Crippen molar-refractivity contribution in [1.29, 1.82) is 0 Å². The molecular formula is C12H10F3N. The number of alkyl halides is 3. The summed E-state index contributed by atoms with van der Waals surface area (Å²) in [5.41, 5.74) is 0.468. The highest BCUT2D eigenvalue weighted by Crippen LogP contribution is 2.32. The fourth-order valence-corrected chi connectivity index (χ4v) is 1.62. The van der Waals surface area contributed by atoms with Gasteiger partial charge in [-0.3, -0.25) is 0 Å². The highest BCUT2D eigenvalue weighted by molar-refractivity contribution is 5.37. The molecule has 0 bridgehead atoms. The lowest BCUT2D eigenvalue weighted by molar-refractivity contribution is -0.142. The van der Waals surface area contributed by atoms with Gasteiger partial charge in [0.15, 0.2) is 0 Å². The first kappa shape index (κ1) is 10.8. The molecular weight excluding hydrogens is 215 g/mol. The lowest BCUT2D eigenvalue weighted by Gasteiger charge is -2.11. The SMILES string of the molecule is Cc1cc(C(F)(F)F)n(-c2ccccc2)c1. The minimum atomic E-state index is -4.33. The molecule has 0 aliphatic carbocycles. The Labute approximate surface area is 91.1 Å². The number of aryl methyl sites for hydroxylation is 1. The maximum atomic E-state index is 12.7. The Balaban J connectivity index is 2.58. The maximum Gasteiger partial charge on any atom is 0.431 e. The van der Waals surface area contributed by atoms with Crippen molar-refractivity contribution in [2.24, 2.45) is 0 Å². The third-order valence-corrected chi connectivity index (χ3v) is 2.28. The van der Waals surface area contributed by atoms with E-state index in [1.807, 2.05) is 0 Å². The van der Waals surface area contributed by atoms with Crippen LogP contribution in [0.25, 0.3) is 5.69 Å². The molecule has 4 heteroatoms. The van der Waals surface area contributed by atoms with Crippen LogP contribution in [0.2, 0.25) is 0 Å². The minimum absolute atomic E-state index is 0.517. The minimum Gasteiger partial charge on any atom is -0.313 e. The highest BCUT2D eigenvalue weighted by atomic mass is 19.4. The van der Waals surface area contributed by atoms with Gasteiger partial charge in [0, 0.05) is 11.9 Å². The van der Waals surface area contributed by atoms with Crippen LogP contribution in [0.3, 0.4) is 0 Å². The summed E-state index contributed by atoms with van der Waals surface area (Å²) >= 11 is 0. The Bertz CT molecular complexity index is 483. The maximum absolute atomic E-state index is 12.7. The fraction of sp³-hybridized carbons (Fsp3) is 0.167. The van der Waals surface area contributed by atoms with Gasteiger partial charge in [0.1, 0.15) is 5.69 Å². The molecule has 2 rings (SSSR count). The molecule has 0 amide bonds. The summed E-state index contributed by atoms with van der Waals surface area (Å²) in [6, 6.07) is 9.64. The Morgan fingerprint density at radius 2 is 1.69 bits per heavy atom. The predicted octanol–water partition coefficient (Wildman–Crippen LogP) is 3.80. The van der Waals surface area contributed by atoms with Crippen LogP contribution in [0.1, 0.15) is 11.3 Å². The van der Waals surface area contributed by atoms with Crippen LogP contribution in [0, 0.1) is 6.92 Å². The van der Waals surface area contributed by atoms with E-state index < -0.39 is 11.9 Å². The monoisotopic (exact) mass is 225 g/mol. The number of para-hydroxylation sites is 1. The van der Waals surface area contributed by atoms with E-state index in [-0.39, 0.29) is 0 Å². The van der Waals surface area contributed by atoms with Crippen LogP contribution in [-0.2, 0) is 6.18 Å². The summed E-state index contributed by atoms with van der Waals surface area (Å²) in [7, 11) is 0. The van der Waals surface area contributed by atoms with Gasteiger partial charge in [-0.25, -0.2) is 0 Å². The van der Waals surface area contributed by atoms with E-state index in [0.29, 0.717) is 11.3 Å². The second-order valence-electron chi connectivity index (χ2n) is 3.61. The Kier molecular flexibility index (Phi) is 2.50. The molecule has 84 valence electrons. The van der Waals surface area contributed by atoms with Gasteiger partial charge in [-0.15, -0.1) is 0 Å². The summed E-state index contributed by atoms with van der Waals surface area (Å²) in [6.07, 6.45) is -2.84. The van der Waals surface area contributed by atoms with Gasteiger partial charge in [-0.2, -0.15) is 13.2 Å². The molecule has 0 spiro atoms. The number of nitrogens with zero attached hydrogens (tertiary/aromatic N) is 1. The van der Waals surface area contributed by atoms with Gasteiger partial charge >= 0.3 is 6.18 Å². The van der Waals surface area contributed by atoms with Crippen LogP contribution in [0.15, 0.2) is 42.6 Å². The molecule has 1 aromatic carbocycles. The van der Waals surface area contributed by atoms with Crippen molar-refractivity contribution < 1.29 is 13.2 Å². The normalized spacial score (nSPS) is 11.8. The first-order valence-electron chi connectivity index (χ1n) is 4.80. The van der Waals surface area contributed by atoms with E-state index in [4.69, 9.17) is 0 Å².